The number of halogens is 1. The number of carbonyl (C=O) groups is 1. The van der Waals surface area contributed by atoms with Crippen LogP contribution in [0.4, 0.5) is 10.1 Å². The van der Waals surface area contributed by atoms with Crippen LogP contribution in [0.2, 0.25) is 0 Å². The van der Waals surface area contributed by atoms with Gasteiger partial charge in [-0.1, -0.05) is 19.1 Å². The predicted octanol–water partition coefficient (Wildman–Crippen LogP) is 4.07. The van der Waals surface area contributed by atoms with Crippen LogP contribution in [0.3, 0.4) is 0 Å². The number of amides is 1. The van der Waals surface area contributed by atoms with Gasteiger partial charge in [-0.15, -0.1) is 11.8 Å². The number of pyridine rings is 1. The summed E-state index contributed by atoms with van der Waals surface area (Å²) >= 11 is 1.67. The molecule has 2 atom stereocenters. The Kier molecular flexibility index (Phi) is 4.43. The second-order valence-electron chi connectivity index (χ2n) is 5.31. The zero-order chi connectivity index (χ0) is 15.5. The highest BCUT2D eigenvalue weighted by Gasteiger charge is 2.43. The monoisotopic (exact) mass is 316 g/mol. The van der Waals surface area contributed by atoms with Gasteiger partial charge in [-0.05, 0) is 47.9 Å². The lowest BCUT2D eigenvalue weighted by atomic mass is 10.1. The van der Waals surface area contributed by atoms with E-state index >= 15 is 0 Å². The summed E-state index contributed by atoms with van der Waals surface area (Å²) < 4.78 is 12.9. The van der Waals surface area contributed by atoms with E-state index in [1.54, 1.807) is 30.1 Å². The normalized spacial score (nSPS) is 19.7. The van der Waals surface area contributed by atoms with Crippen molar-refractivity contribution < 1.29 is 9.18 Å². The molecular formula is C17H17FN2OS. The average Bonchev–Trinajstić information content (AvgIpc) is 3.31. The number of hydrogen-bond acceptors (Lipinski definition) is 3. The Morgan fingerprint density at radius 3 is 2.73 bits per heavy atom. The molecule has 22 heavy (non-hydrogen) atoms. The van der Waals surface area contributed by atoms with E-state index < -0.39 is 0 Å². The van der Waals surface area contributed by atoms with Crippen molar-refractivity contribution in [1.29, 1.82) is 0 Å². The Morgan fingerprint density at radius 2 is 2.09 bits per heavy atom. The van der Waals surface area contributed by atoms with Gasteiger partial charge in [-0.25, -0.2) is 9.37 Å². The van der Waals surface area contributed by atoms with Crippen molar-refractivity contribution in [2.75, 3.05) is 11.1 Å². The van der Waals surface area contributed by atoms with Crippen LogP contribution in [0.1, 0.15) is 24.8 Å². The Balaban J connectivity index is 1.58. The third-order valence-electron chi connectivity index (χ3n) is 3.72. The molecule has 1 aromatic heterocycles. The van der Waals surface area contributed by atoms with Crippen molar-refractivity contribution in [3.8, 4) is 0 Å². The number of nitrogens with one attached hydrogen (secondary N) is 1. The highest BCUT2D eigenvalue weighted by atomic mass is 32.2. The maximum atomic E-state index is 12.9. The first-order valence-electron chi connectivity index (χ1n) is 7.32. The average molecular weight is 316 g/mol. The number of anilines is 1. The molecule has 1 heterocycles. The molecule has 3 rings (SSSR count). The van der Waals surface area contributed by atoms with Crippen molar-refractivity contribution in [1.82, 2.24) is 4.98 Å². The van der Waals surface area contributed by atoms with E-state index in [4.69, 9.17) is 0 Å². The molecule has 1 aliphatic carbocycles. The van der Waals surface area contributed by atoms with Crippen LogP contribution >= 0.6 is 11.8 Å². The van der Waals surface area contributed by atoms with Gasteiger partial charge in [0.05, 0.1) is 16.9 Å². The largest absolute Gasteiger partial charge is 0.324 e. The fourth-order valence-electron chi connectivity index (χ4n) is 2.49. The summed E-state index contributed by atoms with van der Waals surface area (Å²) in [5, 5.41) is 3.85. The van der Waals surface area contributed by atoms with Gasteiger partial charge in [0.15, 0.2) is 0 Å². The smallest absolute Gasteiger partial charge is 0.228 e. The van der Waals surface area contributed by atoms with E-state index in [1.807, 2.05) is 12.1 Å². The Morgan fingerprint density at radius 1 is 1.32 bits per heavy atom. The fourth-order valence-corrected chi connectivity index (χ4v) is 3.07. The molecule has 0 radical (unpaired) electrons. The summed E-state index contributed by atoms with van der Waals surface area (Å²) in [7, 11) is 0. The van der Waals surface area contributed by atoms with Gasteiger partial charge in [0.1, 0.15) is 5.82 Å². The summed E-state index contributed by atoms with van der Waals surface area (Å²) in [4.78, 5) is 16.5. The molecule has 1 saturated carbocycles. The molecule has 1 aromatic carbocycles. The van der Waals surface area contributed by atoms with E-state index in [2.05, 4.69) is 17.2 Å². The summed E-state index contributed by atoms with van der Waals surface area (Å²) in [6.07, 6.45) is 2.50. The first-order chi connectivity index (χ1) is 10.7. The molecule has 0 spiro atoms. The maximum absolute atomic E-state index is 12.9. The SMILES string of the molecule is CCSc1ccc(NC(=O)[C@H]2C[C@H]2c2ccc(F)cc2)cn1. The third-order valence-corrected chi connectivity index (χ3v) is 4.55. The summed E-state index contributed by atoms with van der Waals surface area (Å²) in [5.41, 5.74) is 1.74. The number of nitrogens with zero attached hydrogens (tertiary/aromatic N) is 1. The van der Waals surface area contributed by atoms with Crippen molar-refractivity contribution in [3.05, 3.63) is 54.0 Å². The fraction of sp³-hybridized carbons (Fsp3) is 0.294. The highest BCUT2D eigenvalue weighted by molar-refractivity contribution is 7.99. The minimum atomic E-state index is -0.249. The maximum Gasteiger partial charge on any atom is 0.228 e. The van der Waals surface area contributed by atoms with Crippen LogP contribution in [0.15, 0.2) is 47.6 Å². The molecule has 1 amide bonds. The first-order valence-corrected chi connectivity index (χ1v) is 8.31. The zero-order valence-corrected chi connectivity index (χ0v) is 13.1. The van der Waals surface area contributed by atoms with E-state index in [1.165, 1.54) is 12.1 Å². The summed E-state index contributed by atoms with van der Waals surface area (Å²) in [5.74, 6) is 0.896. The molecule has 114 valence electrons. The van der Waals surface area contributed by atoms with Crippen molar-refractivity contribution in [2.45, 2.75) is 24.3 Å². The number of rotatable bonds is 5. The minimum Gasteiger partial charge on any atom is -0.324 e. The number of carbonyl (C=O) groups excluding carboxylic acids is 1. The second kappa shape index (κ2) is 6.48. The van der Waals surface area contributed by atoms with Gasteiger partial charge in [0, 0.05) is 5.92 Å². The molecule has 1 N–H and O–H groups in total. The van der Waals surface area contributed by atoms with Crippen LogP contribution in [0.5, 0.6) is 0 Å². The van der Waals surface area contributed by atoms with E-state index in [0.717, 1.165) is 28.5 Å². The molecule has 1 aliphatic rings. The molecule has 2 aromatic rings. The van der Waals surface area contributed by atoms with Crippen LogP contribution in [-0.4, -0.2) is 16.6 Å². The molecule has 5 heteroatoms. The first kappa shape index (κ1) is 15.0. The predicted molar refractivity (Wildman–Crippen MR) is 86.5 cm³/mol. The lowest BCUT2D eigenvalue weighted by molar-refractivity contribution is -0.117. The molecule has 0 bridgehead atoms. The number of thioether (sulfide) groups is 1. The van der Waals surface area contributed by atoms with E-state index in [-0.39, 0.29) is 23.6 Å². The van der Waals surface area contributed by atoms with Gasteiger partial charge >= 0.3 is 0 Å². The van der Waals surface area contributed by atoms with Gasteiger partial charge in [-0.3, -0.25) is 4.79 Å². The molecule has 3 nitrogen and oxygen atoms in total. The highest BCUT2D eigenvalue weighted by Crippen LogP contribution is 2.47. The Bertz CT molecular complexity index is 657. The van der Waals surface area contributed by atoms with Gasteiger partial charge in [-0.2, -0.15) is 0 Å². The van der Waals surface area contributed by atoms with Crippen molar-refractivity contribution >= 4 is 23.4 Å². The van der Waals surface area contributed by atoms with Gasteiger partial charge in [0.2, 0.25) is 5.91 Å². The Hall–Kier alpha value is -1.88. The number of hydrogen-bond donors (Lipinski definition) is 1. The minimum absolute atomic E-state index is 0.00650. The van der Waals surface area contributed by atoms with Crippen LogP contribution in [0, 0.1) is 11.7 Å². The molecule has 0 unspecified atom stereocenters. The second-order valence-corrected chi connectivity index (χ2v) is 6.59. The molecule has 1 fully saturated rings. The number of benzene rings is 1. The van der Waals surface area contributed by atoms with Gasteiger partial charge in [0.25, 0.3) is 0 Å². The zero-order valence-electron chi connectivity index (χ0n) is 12.3. The lowest BCUT2D eigenvalue weighted by Gasteiger charge is -2.05. The topological polar surface area (TPSA) is 42.0 Å². The molecular weight excluding hydrogens is 299 g/mol. The van der Waals surface area contributed by atoms with Crippen LogP contribution < -0.4 is 5.32 Å². The Labute approximate surface area is 133 Å². The lowest BCUT2D eigenvalue weighted by Crippen LogP contribution is -2.14. The van der Waals surface area contributed by atoms with Gasteiger partial charge < -0.3 is 5.32 Å². The molecule has 0 saturated heterocycles. The number of aromatic nitrogens is 1. The summed E-state index contributed by atoms with van der Waals surface area (Å²) in [6.45, 7) is 2.07. The van der Waals surface area contributed by atoms with E-state index in [0.29, 0.717) is 0 Å². The molecule has 0 aliphatic heterocycles. The van der Waals surface area contributed by atoms with Crippen LogP contribution in [0.25, 0.3) is 0 Å². The van der Waals surface area contributed by atoms with Crippen molar-refractivity contribution in [3.63, 3.8) is 0 Å². The quantitative estimate of drug-likeness (QED) is 0.845. The van der Waals surface area contributed by atoms with Crippen molar-refractivity contribution in [2.24, 2.45) is 5.92 Å². The summed E-state index contributed by atoms with van der Waals surface area (Å²) in [6, 6.07) is 10.2. The third kappa shape index (κ3) is 3.47. The van der Waals surface area contributed by atoms with E-state index in [9.17, 15) is 9.18 Å². The standard InChI is InChI=1S/C17H17FN2OS/c1-2-22-16-8-7-13(10-19-16)20-17(21)15-9-14(15)11-3-5-12(18)6-4-11/h3-8,10,14-15H,2,9H2,1H3,(H,20,21)/t14-,15-/m0/s1. The van der Waals surface area contributed by atoms with Crippen LogP contribution in [-0.2, 0) is 4.79 Å².